The summed E-state index contributed by atoms with van der Waals surface area (Å²) >= 11 is 0. The normalized spacial score (nSPS) is 11.0. The van der Waals surface area contributed by atoms with Gasteiger partial charge in [-0.1, -0.05) is 72.8 Å². The maximum atomic E-state index is 3.75. The van der Waals surface area contributed by atoms with Crippen molar-refractivity contribution in [3.63, 3.8) is 0 Å². The monoisotopic (exact) mass is 291 g/mol. The first-order valence-electron chi connectivity index (χ1n) is 8.03. The van der Waals surface area contributed by atoms with Gasteiger partial charge in [0.15, 0.2) is 0 Å². The fraction of sp³-hybridized carbons (Fsp3) is 0.238. The first kappa shape index (κ1) is 16.1. The molecule has 0 radical (unpaired) electrons. The van der Waals surface area contributed by atoms with Gasteiger partial charge < -0.3 is 5.32 Å². The van der Waals surface area contributed by atoms with Crippen molar-refractivity contribution in [2.24, 2.45) is 0 Å². The number of nitrogens with one attached hydrogen (secondary N) is 1. The molecule has 2 aromatic rings. The Hall–Kier alpha value is -2.28. The molecule has 0 aromatic heterocycles. The summed E-state index contributed by atoms with van der Waals surface area (Å²) in [4.78, 5) is 0. The maximum Gasteiger partial charge on any atom is 0.0762 e. The molecule has 0 aliphatic carbocycles. The van der Waals surface area contributed by atoms with Gasteiger partial charge in [-0.15, -0.1) is 6.58 Å². The molecule has 1 heteroatoms. The van der Waals surface area contributed by atoms with Crippen molar-refractivity contribution in [3.05, 3.63) is 96.7 Å². The van der Waals surface area contributed by atoms with Crippen LogP contribution in [-0.4, -0.2) is 0 Å². The van der Waals surface area contributed by atoms with Crippen molar-refractivity contribution in [2.45, 2.75) is 31.7 Å². The first-order chi connectivity index (χ1) is 10.9. The minimum atomic E-state index is 0.201. The smallest absolute Gasteiger partial charge is 0.0762 e. The second-order valence-electron chi connectivity index (χ2n) is 5.40. The molecule has 0 spiro atoms. The zero-order valence-electron chi connectivity index (χ0n) is 13.1. The van der Waals surface area contributed by atoms with Gasteiger partial charge >= 0.3 is 0 Å². The Morgan fingerprint density at radius 2 is 1.36 bits per heavy atom. The summed E-state index contributed by atoms with van der Waals surface area (Å²) in [5, 5.41) is 3.54. The van der Waals surface area contributed by atoms with E-state index in [1.165, 1.54) is 24.0 Å². The van der Waals surface area contributed by atoms with Crippen molar-refractivity contribution < 1.29 is 0 Å². The van der Waals surface area contributed by atoms with Crippen molar-refractivity contribution in [3.8, 4) is 0 Å². The molecule has 0 atom stereocenters. The van der Waals surface area contributed by atoms with E-state index in [-0.39, 0.29) is 6.04 Å². The highest BCUT2D eigenvalue weighted by atomic mass is 14.9. The van der Waals surface area contributed by atoms with E-state index in [2.05, 4.69) is 84.8 Å². The number of hydrogen-bond acceptors (Lipinski definition) is 1. The summed E-state index contributed by atoms with van der Waals surface area (Å²) in [5.74, 6) is 0. The van der Waals surface area contributed by atoms with E-state index in [0.29, 0.717) is 0 Å². The van der Waals surface area contributed by atoms with E-state index in [0.717, 1.165) is 12.8 Å². The molecule has 22 heavy (non-hydrogen) atoms. The summed E-state index contributed by atoms with van der Waals surface area (Å²) in [7, 11) is 0. The lowest BCUT2D eigenvalue weighted by Crippen LogP contribution is -2.16. The lowest BCUT2D eigenvalue weighted by molar-refractivity contribution is 0.717. The Morgan fingerprint density at radius 1 is 0.818 bits per heavy atom. The van der Waals surface area contributed by atoms with E-state index in [4.69, 9.17) is 0 Å². The Kier molecular flexibility index (Phi) is 7.04. The lowest BCUT2D eigenvalue weighted by Gasteiger charge is -2.18. The molecular weight excluding hydrogens is 266 g/mol. The second-order valence-corrected chi connectivity index (χ2v) is 5.40. The van der Waals surface area contributed by atoms with Crippen molar-refractivity contribution in [2.75, 3.05) is 0 Å². The van der Waals surface area contributed by atoms with Gasteiger partial charge in [0.2, 0.25) is 0 Å². The van der Waals surface area contributed by atoms with Gasteiger partial charge in [0.1, 0.15) is 0 Å². The second kappa shape index (κ2) is 9.62. The van der Waals surface area contributed by atoms with E-state index >= 15 is 0 Å². The van der Waals surface area contributed by atoms with Crippen molar-refractivity contribution >= 4 is 0 Å². The van der Waals surface area contributed by atoms with Gasteiger partial charge in [0.25, 0.3) is 0 Å². The lowest BCUT2D eigenvalue weighted by atomic mass is 9.99. The molecule has 114 valence electrons. The van der Waals surface area contributed by atoms with Crippen LogP contribution in [0.4, 0.5) is 0 Å². The van der Waals surface area contributed by atoms with Crippen LogP contribution in [0.1, 0.15) is 42.9 Å². The maximum absolute atomic E-state index is 3.75. The molecule has 1 nitrogen and oxygen atoms in total. The highest BCUT2D eigenvalue weighted by molar-refractivity contribution is 5.32. The molecular formula is C21H25N. The third-order valence-corrected chi connectivity index (χ3v) is 3.68. The molecule has 2 aromatic carbocycles. The fourth-order valence-corrected chi connectivity index (χ4v) is 2.47. The van der Waals surface area contributed by atoms with Crippen LogP contribution in [-0.2, 0) is 0 Å². The van der Waals surface area contributed by atoms with Crippen LogP contribution in [0.15, 0.2) is 85.6 Å². The Morgan fingerprint density at radius 3 is 1.91 bits per heavy atom. The van der Waals surface area contributed by atoms with E-state index < -0.39 is 0 Å². The van der Waals surface area contributed by atoms with Crippen LogP contribution in [0.3, 0.4) is 0 Å². The number of unbranched alkanes of at least 4 members (excludes halogenated alkanes) is 3. The molecule has 1 N–H and O–H groups in total. The van der Waals surface area contributed by atoms with Crippen molar-refractivity contribution in [1.29, 1.82) is 0 Å². The quantitative estimate of drug-likeness (QED) is 0.466. The van der Waals surface area contributed by atoms with Gasteiger partial charge in [-0.3, -0.25) is 0 Å². The molecule has 0 aliphatic heterocycles. The number of allylic oxidation sites excluding steroid dienone is 2. The van der Waals surface area contributed by atoms with Gasteiger partial charge in [0.05, 0.1) is 6.04 Å². The Bertz CT molecular complexity index is 517. The summed E-state index contributed by atoms with van der Waals surface area (Å²) in [6.45, 7) is 3.75. The molecule has 0 aliphatic rings. The van der Waals surface area contributed by atoms with Crippen LogP contribution in [0.5, 0.6) is 0 Å². The van der Waals surface area contributed by atoms with Gasteiger partial charge in [0, 0.05) is 0 Å². The number of benzene rings is 2. The third-order valence-electron chi connectivity index (χ3n) is 3.68. The van der Waals surface area contributed by atoms with Gasteiger partial charge in [-0.2, -0.15) is 0 Å². The predicted molar refractivity (Wildman–Crippen MR) is 95.7 cm³/mol. The molecule has 0 amide bonds. The number of hydrogen-bond donors (Lipinski definition) is 1. The fourth-order valence-electron chi connectivity index (χ4n) is 2.47. The van der Waals surface area contributed by atoms with Crippen LogP contribution in [0.25, 0.3) is 0 Å². The van der Waals surface area contributed by atoms with Gasteiger partial charge in [-0.05, 0) is 43.0 Å². The Labute approximate surface area is 134 Å². The summed E-state index contributed by atoms with van der Waals surface area (Å²) < 4.78 is 0. The first-order valence-corrected chi connectivity index (χ1v) is 8.03. The highest BCUT2D eigenvalue weighted by Gasteiger charge is 2.10. The van der Waals surface area contributed by atoms with E-state index in [1.54, 1.807) is 0 Å². The summed E-state index contributed by atoms with van der Waals surface area (Å²) in [6.07, 6.45) is 11.0. The van der Waals surface area contributed by atoms with Crippen molar-refractivity contribution in [1.82, 2.24) is 5.32 Å². The minimum absolute atomic E-state index is 0.201. The van der Waals surface area contributed by atoms with Crippen LogP contribution < -0.4 is 5.32 Å². The average Bonchev–Trinajstić information content (AvgIpc) is 2.59. The van der Waals surface area contributed by atoms with E-state index in [9.17, 15) is 0 Å². The molecule has 0 saturated heterocycles. The third kappa shape index (κ3) is 5.25. The molecule has 0 bridgehead atoms. The van der Waals surface area contributed by atoms with Gasteiger partial charge in [-0.25, -0.2) is 0 Å². The van der Waals surface area contributed by atoms with Crippen LogP contribution in [0.2, 0.25) is 0 Å². The SMILES string of the molecule is C=CCCCCC=CNC(c1ccccc1)c1ccccc1. The molecule has 0 heterocycles. The highest BCUT2D eigenvalue weighted by Crippen LogP contribution is 2.21. The standard InChI is InChI=1S/C21H25N/c1-2-3-4-5-6-13-18-22-21(19-14-9-7-10-15-19)20-16-11-8-12-17-20/h2,7-18,21-22H,1,3-6H2. The summed E-state index contributed by atoms with van der Waals surface area (Å²) in [6, 6.07) is 21.3. The molecule has 2 rings (SSSR count). The zero-order valence-corrected chi connectivity index (χ0v) is 13.1. The van der Waals surface area contributed by atoms with Crippen LogP contribution >= 0.6 is 0 Å². The minimum Gasteiger partial charge on any atom is -0.380 e. The Balaban J connectivity index is 1.97. The topological polar surface area (TPSA) is 12.0 Å². The predicted octanol–water partition coefficient (Wildman–Crippen LogP) is 5.63. The summed E-state index contributed by atoms with van der Waals surface area (Å²) in [5.41, 5.74) is 2.56. The molecule has 0 saturated carbocycles. The van der Waals surface area contributed by atoms with E-state index in [1.807, 2.05) is 6.08 Å². The molecule has 0 fully saturated rings. The largest absolute Gasteiger partial charge is 0.380 e. The average molecular weight is 291 g/mol. The number of rotatable bonds is 9. The van der Waals surface area contributed by atoms with Crippen LogP contribution in [0, 0.1) is 0 Å². The zero-order chi connectivity index (χ0) is 15.5. The molecule has 0 unspecified atom stereocenters.